The van der Waals surface area contributed by atoms with Crippen molar-refractivity contribution in [1.29, 1.82) is 0 Å². The number of aryl methyl sites for hydroxylation is 2. The first kappa shape index (κ1) is 8.21. The van der Waals surface area contributed by atoms with Gasteiger partial charge in [0.05, 0.1) is 0 Å². The van der Waals surface area contributed by atoms with Gasteiger partial charge in [0.2, 0.25) is 0 Å². The van der Waals surface area contributed by atoms with E-state index in [4.69, 9.17) is 11.6 Å². The van der Waals surface area contributed by atoms with Crippen molar-refractivity contribution >= 4 is 16.8 Å². The summed E-state index contributed by atoms with van der Waals surface area (Å²) in [5.41, 5.74) is 2.14. The van der Waals surface area contributed by atoms with E-state index in [0.717, 1.165) is 11.3 Å². The highest BCUT2D eigenvalue weighted by atomic mass is 35.5. The van der Waals surface area contributed by atoms with Gasteiger partial charge in [-0.1, -0.05) is 0 Å². The van der Waals surface area contributed by atoms with Crippen LogP contribution in [0.25, 0.3) is 0 Å². The Morgan fingerprint density at radius 3 is 2.55 bits per heavy atom. The summed E-state index contributed by atoms with van der Waals surface area (Å²) in [6, 6.07) is 3.56. The van der Waals surface area contributed by atoms with E-state index in [0.29, 0.717) is 5.69 Å². The van der Waals surface area contributed by atoms with Crippen LogP contribution in [0.5, 0.6) is 0 Å². The second kappa shape index (κ2) is 3.01. The SMILES string of the molecule is Cc1cc(C)nc(C(=O)Cl)c1. The van der Waals surface area contributed by atoms with E-state index in [1.807, 2.05) is 19.9 Å². The van der Waals surface area contributed by atoms with Crippen molar-refractivity contribution in [3.8, 4) is 0 Å². The first-order valence-electron chi connectivity index (χ1n) is 3.25. The van der Waals surface area contributed by atoms with Crippen LogP contribution in [0.3, 0.4) is 0 Å². The van der Waals surface area contributed by atoms with Gasteiger partial charge in [0.1, 0.15) is 5.69 Å². The Morgan fingerprint density at radius 1 is 1.45 bits per heavy atom. The summed E-state index contributed by atoms with van der Waals surface area (Å²) < 4.78 is 0. The van der Waals surface area contributed by atoms with Crippen molar-refractivity contribution in [3.63, 3.8) is 0 Å². The number of carbonyl (C=O) groups is 1. The fourth-order valence-corrected chi connectivity index (χ4v) is 1.04. The number of nitrogens with zero attached hydrogens (tertiary/aromatic N) is 1. The van der Waals surface area contributed by atoms with Crippen molar-refractivity contribution in [2.45, 2.75) is 13.8 Å². The lowest BCUT2D eigenvalue weighted by molar-refractivity contribution is 0.107. The van der Waals surface area contributed by atoms with Crippen LogP contribution in [0.15, 0.2) is 12.1 Å². The predicted molar refractivity (Wildman–Crippen MR) is 43.9 cm³/mol. The first-order valence-corrected chi connectivity index (χ1v) is 3.62. The number of rotatable bonds is 1. The lowest BCUT2D eigenvalue weighted by Crippen LogP contribution is -1.96. The summed E-state index contributed by atoms with van der Waals surface area (Å²) in [4.78, 5) is 14.6. The van der Waals surface area contributed by atoms with Crippen LogP contribution in [0.4, 0.5) is 0 Å². The number of halogens is 1. The van der Waals surface area contributed by atoms with E-state index in [1.54, 1.807) is 6.07 Å². The second-order valence-corrected chi connectivity index (χ2v) is 2.79. The molecule has 0 aliphatic heterocycles. The van der Waals surface area contributed by atoms with Crippen LogP contribution in [0.2, 0.25) is 0 Å². The molecule has 3 heteroatoms. The summed E-state index contributed by atoms with van der Waals surface area (Å²) in [6.45, 7) is 3.73. The molecule has 1 aromatic heterocycles. The number of hydrogen-bond donors (Lipinski definition) is 0. The third-order valence-corrected chi connectivity index (χ3v) is 1.49. The highest BCUT2D eigenvalue weighted by molar-refractivity contribution is 6.67. The van der Waals surface area contributed by atoms with Crippen LogP contribution in [0.1, 0.15) is 21.7 Å². The quantitative estimate of drug-likeness (QED) is 0.603. The maximum absolute atomic E-state index is 10.7. The van der Waals surface area contributed by atoms with Crippen LogP contribution in [-0.4, -0.2) is 10.2 Å². The van der Waals surface area contributed by atoms with E-state index in [9.17, 15) is 4.79 Å². The molecule has 0 radical (unpaired) electrons. The predicted octanol–water partition coefficient (Wildman–Crippen LogP) is 2.08. The van der Waals surface area contributed by atoms with Crippen LogP contribution < -0.4 is 0 Å². The van der Waals surface area contributed by atoms with E-state index < -0.39 is 5.24 Å². The number of carbonyl (C=O) groups excluding carboxylic acids is 1. The molecule has 0 aliphatic carbocycles. The summed E-state index contributed by atoms with van der Waals surface area (Å²) in [5.74, 6) is 0. The van der Waals surface area contributed by atoms with Gasteiger partial charge in [0.15, 0.2) is 0 Å². The Kier molecular flexibility index (Phi) is 2.25. The van der Waals surface area contributed by atoms with Gasteiger partial charge in [0, 0.05) is 5.69 Å². The molecule has 0 fully saturated rings. The van der Waals surface area contributed by atoms with Gasteiger partial charge in [-0.25, -0.2) is 4.98 Å². The number of aromatic nitrogens is 1. The van der Waals surface area contributed by atoms with Crippen LogP contribution >= 0.6 is 11.6 Å². The first-order chi connectivity index (χ1) is 5.09. The molecule has 0 bridgehead atoms. The smallest absolute Gasteiger partial charge is 0.270 e. The monoisotopic (exact) mass is 169 g/mol. The Balaban J connectivity index is 3.19. The molecule has 58 valence electrons. The van der Waals surface area contributed by atoms with E-state index >= 15 is 0 Å². The molecule has 11 heavy (non-hydrogen) atoms. The fraction of sp³-hybridized carbons (Fsp3) is 0.250. The van der Waals surface area contributed by atoms with E-state index in [1.165, 1.54) is 0 Å². The van der Waals surface area contributed by atoms with E-state index in [2.05, 4.69) is 4.98 Å². The third kappa shape index (κ3) is 2.02. The van der Waals surface area contributed by atoms with Gasteiger partial charge in [-0.3, -0.25) is 4.79 Å². The maximum Gasteiger partial charge on any atom is 0.270 e. The average Bonchev–Trinajstić information content (AvgIpc) is 1.85. The molecule has 1 rings (SSSR count). The summed E-state index contributed by atoms with van der Waals surface area (Å²) in [7, 11) is 0. The second-order valence-electron chi connectivity index (χ2n) is 2.44. The Hall–Kier alpha value is -0.890. The minimum Gasteiger partial charge on any atom is -0.274 e. The lowest BCUT2D eigenvalue weighted by Gasteiger charge is -1.97. The van der Waals surface area contributed by atoms with Crippen LogP contribution in [0, 0.1) is 13.8 Å². The zero-order chi connectivity index (χ0) is 8.43. The minimum atomic E-state index is -0.503. The summed E-state index contributed by atoms with van der Waals surface area (Å²) in [6.07, 6.45) is 0. The fourth-order valence-electron chi connectivity index (χ4n) is 0.942. The topological polar surface area (TPSA) is 30.0 Å². The molecule has 0 aliphatic rings. The normalized spacial score (nSPS) is 9.73. The maximum atomic E-state index is 10.7. The molecule has 0 aromatic carbocycles. The molecule has 0 spiro atoms. The highest BCUT2D eigenvalue weighted by Gasteiger charge is 2.03. The molecule has 0 unspecified atom stereocenters. The number of hydrogen-bond acceptors (Lipinski definition) is 2. The van der Waals surface area contributed by atoms with Gasteiger partial charge in [-0.2, -0.15) is 0 Å². The zero-order valence-corrected chi connectivity index (χ0v) is 7.14. The van der Waals surface area contributed by atoms with Gasteiger partial charge < -0.3 is 0 Å². The van der Waals surface area contributed by atoms with Crippen molar-refractivity contribution in [3.05, 3.63) is 29.1 Å². The lowest BCUT2D eigenvalue weighted by atomic mass is 10.2. The van der Waals surface area contributed by atoms with Gasteiger partial charge in [-0.05, 0) is 43.1 Å². The molecule has 1 aromatic rings. The molecule has 0 saturated heterocycles. The molecule has 1 heterocycles. The van der Waals surface area contributed by atoms with Crippen molar-refractivity contribution in [2.24, 2.45) is 0 Å². The van der Waals surface area contributed by atoms with Crippen LogP contribution in [-0.2, 0) is 0 Å². The van der Waals surface area contributed by atoms with Crippen molar-refractivity contribution in [2.75, 3.05) is 0 Å². The Morgan fingerprint density at radius 2 is 2.09 bits per heavy atom. The largest absolute Gasteiger partial charge is 0.274 e. The molecular formula is C8H8ClNO. The van der Waals surface area contributed by atoms with Gasteiger partial charge in [-0.15, -0.1) is 0 Å². The van der Waals surface area contributed by atoms with E-state index in [-0.39, 0.29) is 0 Å². The Bertz CT molecular complexity index is 276. The third-order valence-electron chi connectivity index (χ3n) is 1.30. The zero-order valence-electron chi connectivity index (χ0n) is 6.39. The van der Waals surface area contributed by atoms with Crippen molar-refractivity contribution in [1.82, 2.24) is 4.98 Å². The molecule has 0 atom stereocenters. The van der Waals surface area contributed by atoms with Crippen molar-refractivity contribution < 1.29 is 4.79 Å². The molecular weight excluding hydrogens is 162 g/mol. The Labute approximate surface area is 70.2 Å². The summed E-state index contributed by atoms with van der Waals surface area (Å²) in [5, 5.41) is -0.503. The molecule has 0 saturated carbocycles. The highest BCUT2D eigenvalue weighted by Crippen LogP contribution is 2.06. The van der Waals surface area contributed by atoms with Gasteiger partial charge in [0.25, 0.3) is 5.24 Å². The molecule has 0 N–H and O–H groups in total. The minimum absolute atomic E-state index is 0.323. The van der Waals surface area contributed by atoms with Gasteiger partial charge >= 0.3 is 0 Å². The molecule has 2 nitrogen and oxygen atoms in total. The standard InChI is InChI=1S/C8H8ClNO/c1-5-3-6(2)10-7(4-5)8(9)11/h3-4H,1-2H3. The number of pyridine rings is 1. The average molecular weight is 170 g/mol. The summed E-state index contributed by atoms with van der Waals surface area (Å²) >= 11 is 5.25. The molecule has 0 amide bonds.